The van der Waals surface area contributed by atoms with E-state index >= 15 is 0 Å². The Balaban J connectivity index is 1.58. The first-order chi connectivity index (χ1) is 15.1. The van der Waals surface area contributed by atoms with E-state index in [0.717, 1.165) is 24.3 Å². The number of ether oxygens (including phenoxy) is 1. The van der Waals surface area contributed by atoms with Crippen molar-refractivity contribution < 1.29 is 31.1 Å². The van der Waals surface area contributed by atoms with E-state index in [2.05, 4.69) is 10.3 Å². The molecule has 4 rings (SSSR count). The van der Waals surface area contributed by atoms with E-state index in [9.17, 15) is 26.4 Å². The second-order valence-electron chi connectivity index (χ2n) is 6.84. The molecular formula is C19H16F3N5O4S. The zero-order valence-corrected chi connectivity index (χ0v) is 17.1. The summed E-state index contributed by atoms with van der Waals surface area (Å²) >= 11 is 0. The van der Waals surface area contributed by atoms with Crippen LogP contribution in [0.4, 0.5) is 23.7 Å². The number of aromatic nitrogens is 1. The number of nitrogens with zero attached hydrogens (tertiary/aromatic N) is 1. The summed E-state index contributed by atoms with van der Waals surface area (Å²) in [5, 5.41) is 3.03. The molecule has 1 aliphatic rings. The molecule has 0 atom stereocenters. The highest BCUT2D eigenvalue weighted by Gasteiger charge is 2.65. The van der Waals surface area contributed by atoms with Crippen molar-refractivity contribution in [3.63, 3.8) is 0 Å². The summed E-state index contributed by atoms with van der Waals surface area (Å²) in [5.41, 5.74) is 1.66. The molecule has 2 amide bonds. The number of nitrogens with one attached hydrogen (secondary N) is 4. The fourth-order valence-electron chi connectivity index (χ4n) is 3.12. The van der Waals surface area contributed by atoms with Crippen molar-refractivity contribution in [3.8, 4) is 5.75 Å². The minimum atomic E-state index is -4.71. The number of alkyl halides is 3. The first-order valence-electron chi connectivity index (χ1n) is 9.04. The number of urea groups is 1. The highest BCUT2D eigenvalue weighted by molar-refractivity contribution is 7.90. The Morgan fingerprint density at radius 1 is 1.12 bits per heavy atom. The van der Waals surface area contributed by atoms with Crippen molar-refractivity contribution in [1.29, 1.82) is 0 Å². The van der Waals surface area contributed by atoms with Crippen LogP contribution in [-0.4, -0.2) is 32.7 Å². The van der Waals surface area contributed by atoms with Crippen molar-refractivity contribution in [2.24, 2.45) is 0 Å². The Labute approximate surface area is 180 Å². The van der Waals surface area contributed by atoms with Crippen molar-refractivity contribution in [3.05, 3.63) is 60.3 Å². The molecule has 2 aromatic carbocycles. The molecule has 1 aromatic heterocycles. The van der Waals surface area contributed by atoms with Gasteiger partial charge in [0.25, 0.3) is 10.0 Å². The first-order valence-corrected chi connectivity index (χ1v) is 10.5. The molecule has 0 bridgehead atoms. The fourth-order valence-corrected chi connectivity index (χ4v) is 4.07. The van der Waals surface area contributed by atoms with Gasteiger partial charge >= 0.3 is 12.2 Å². The second-order valence-corrected chi connectivity index (χ2v) is 8.52. The van der Waals surface area contributed by atoms with Gasteiger partial charge in [0.2, 0.25) is 5.66 Å². The number of fused-ring (bicyclic) bond motifs is 1. The first kappa shape index (κ1) is 21.8. The number of sulfonamides is 1. The molecule has 2 heterocycles. The number of hydrazine groups is 1. The van der Waals surface area contributed by atoms with E-state index < -0.39 is 32.8 Å². The molecule has 0 aliphatic carbocycles. The lowest BCUT2D eigenvalue weighted by molar-refractivity contribution is -0.165. The van der Waals surface area contributed by atoms with Crippen molar-refractivity contribution >= 4 is 32.6 Å². The average Bonchev–Trinajstić information content (AvgIpc) is 3.55. The van der Waals surface area contributed by atoms with Crippen molar-refractivity contribution in [2.45, 2.75) is 16.7 Å². The molecule has 3 aromatic rings. The van der Waals surface area contributed by atoms with Crippen molar-refractivity contribution in [1.82, 2.24) is 20.6 Å². The number of hydrogen-bond acceptors (Lipinski definition) is 7. The fraction of sp³-hybridized carbons (Fsp3) is 0.158. The van der Waals surface area contributed by atoms with E-state index in [0.29, 0.717) is 16.7 Å². The van der Waals surface area contributed by atoms with E-state index in [1.165, 1.54) is 19.4 Å². The summed E-state index contributed by atoms with van der Waals surface area (Å²) in [5.74, 6) is 0.401. The Morgan fingerprint density at radius 2 is 1.88 bits per heavy atom. The Hall–Kier alpha value is -3.42. The van der Waals surface area contributed by atoms with Gasteiger partial charge in [-0.05, 0) is 29.8 Å². The molecule has 1 saturated heterocycles. The monoisotopic (exact) mass is 467 g/mol. The number of carbonyl (C=O) groups excluding carboxylic acids is 1. The van der Waals surface area contributed by atoms with Gasteiger partial charge in [0.15, 0.2) is 0 Å². The number of hydrogen-bond donors (Lipinski definition) is 4. The highest BCUT2D eigenvalue weighted by atomic mass is 32.2. The summed E-state index contributed by atoms with van der Waals surface area (Å²) in [6.45, 7) is 0. The second kappa shape index (κ2) is 7.62. The lowest BCUT2D eigenvalue weighted by atomic mass is 10.0. The third-order valence-electron chi connectivity index (χ3n) is 4.77. The molecule has 32 heavy (non-hydrogen) atoms. The zero-order chi connectivity index (χ0) is 23.1. The predicted octanol–water partition coefficient (Wildman–Crippen LogP) is 2.58. The third kappa shape index (κ3) is 3.92. The van der Waals surface area contributed by atoms with Crippen LogP contribution in [-0.2, 0) is 15.7 Å². The van der Waals surface area contributed by atoms with Crippen LogP contribution < -0.4 is 25.6 Å². The van der Waals surface area contributed by atoms with Gasteiger partial charge in [-0.25, -0.2) is 28.8 Å². The van der Waals surface area contributed by atoms with Crippen LogP contribution in [0.25, 0.3) is 10.9 Å². The van der Waals surface area contributed by atoms with Gasteiger partial charge < -0.3 is 10.1 Å². The number of methoxy groups -OCH3 is 1. The van der Waals surface area contributed by atoms with E-state index in [1.807, 2.05) is 10.9 Å². The summed E-state index contributed by atoms with van der Waals surface area (Å²) in [6, 6.07) is 9.61. The number of benzene rings is 2. The van der Waals surface area contributed by atoms with E-state index in [-0.39, 0.29) is 11.3 Å². The van der Waals surface area contributed by atoms with E-state index in [4.69, 9.17) is 4.74 Å². The molecular weight excluding hydrogens is 451 g/mol. The Bertz CT molecular complexity index is 1310. The molecule has 0 spiro atoms. The van der Waals surface area contributed by atoms with Gasteiger partial charge in [-0.15, -0.1) is 0 Å². The van der Waals surface area contributed by atoms with Crippen LogP contribution >= 0.6 is 0 Å². The zero-order valence-electron chi connectivity index (χ0n) is 16.3. The van der Waals surface area contributed by atoms with Crippen LogP contribution in [0.3, 0.4) is 0 Å². The summed E-state index contributed by atoms with van der Waals surface area (Å²) in [4.78, 5) is 16.1. The largest absolute Gasteiger partial charge is 0.497 e. The molecule has 0 unspecified atom stereocenters. The molecule has 4 N–H and O–H groups in total. The maximum Gasteiger partial charge on any atom is 0.426 e. The third-order valence-corrected chi connectivity index (χ3v) is 6.10. The maximum atomic E-state index is 13.3. The van der Waals surface area contributed by atoms with E-state index in [1.54, 1.807) is 22.9 Å². The van der Waals surface area contributed by atoms with Crippen LogP contribution in [0.1, 0.15) is 5.56 Å². The van der Waals surface area contributed by atoms with Gasteiger partial charge in [0, 0.05) is 17.6 Å². The van der Waals surface area contributed by atoms with Crippen LogP contribution in [0.5, 0.6) is 5.75 Å². The van der Waals surface area contributed by atoms with Gasteiger partial charge in [-0.1, -0.05) is 18.2 Å². The number of halogens is 3. The van der Waals surface area contributed by atoms with Crippen LogP contribution in [0.2, 0.25) is 0 Å². The SMILES string of the molecule is COc1cc(NC(=O)NS(=O)(=O)c2cccc(C3(C(F)(F)F)NN3)c2)c2ncccc2c1. The summed E-state index contributed by atoms with van der Waals surface area (Å²) in [6.07, 6.45) is -3.21. The predicted molar refractivity (Wildman–Crippen MR) is 108 cm³/mol. The summed E-state index contributed by atoms with van der Waals surface area (Å²) < 4.78 is 72.1. The Morgan fingerprint density at radius 3 is 2.53 bits per heavy atom. The Kier molecular flexibility index (Phi) is 5.19. The number of rotatable bonds is 5. The molecule has 168 valence electrons. The topological polar surface area (TPSA) is 141 Å². The number of anilines is 1. The normalized spacial score (nSPS) is 15.2. The number of amides is 2. The molecule has 1 aliphatic heterocycles. The highest BCUT2D eigenvalue weighted by Crippen LogP contribution is 2.42. The standard InChI is InChI=1S/C19H16F3N5O4S/c1-31-13-8-11-4-3-7-23-16(11)15(10-13)24-17(28)25-32(29,30)14-6-2-5-12(9-14)18(26-27-18)19(20,21)22/h2-10,26-27H,1H3,(H2,24,25,28). The quantitative estimate of drug-likeness (QED) is 0.423. The molecule has 0 radical (unpaired) electrons. The van der Waals surface area contributed by atoms with Gasteiger partial charge in [0.1, 0.15) is 5.75 Å². The van der Waals surface area contributed by atoms with Gasteiger partial charge in [0.05, 0.1) is 23.2 Å². The minimum Gasteiger partial charge on any atom is -0.497 e. The minimum absolute atomic E-state index is 0.184. The lowest BCUT2D eigenvalue weighted by Gasteiger charge is -2.17. The lowest BCUT2D eigenvalue weighted by Crippen LogP contribution is -2.36. The molecule has 13 heteroatoms. The van der Waals surface area contributed by atoms with Crippen molar-refractivity contribution in [2.75, 3.05) is 12.4 Å². The van der Waals surface area contributed by atoms with Crippen LogP contribution in [0.15, 0.2) is 59.6 Å². The molecule has 0 saturated carbocycles. The average molecular weight is 467 g/mol. The van der Waals surface area contributed by atoms with Gasteiger partial charge in [-0.2, -0.15) is 13.2 Å². The number of pyridine rings is 1. The summed E-state index contributed by atoms with van der Waals surface area (Å²) in [7, 11) is -3.06. The maximum absolute atomic E-state index is 13.3. The molecule has 1 fully saturated rings. The smallest absolute Gasteiger partial charge is 0.426 e. The molecule has 9 nitrogen and oxygen atoms in total. The van der Waals surface area contributed by atoms with Gasteiger partial charge in [-0.3, -0.25) is 4.98 Å². The van der Waals surface area contributed by atoms with Crippen LogP contribution in [0, 0.1) is 0 Å². The number of carbonyl (C=O) groups is 1.